The predicted molar refractivity (Wildman–Crippen MR) is 68.1 cm³/mol. The molecule has 6 heteroatoms. The summed E-state index contributed by atoms with van der Waals surface area (Å²) in [5.74, 6) is -0.348. The normalized spacial score (nSPS) is 35.4. The summed E-state index contributed by atoms with van der Waals surface area (Å²) in [6.45, 7) is 0.636. The zero-order valence-electron chi connectivity index (χ0n) is 10.5. The summed E-state index contributed by atoms with van der Waals surface area (Å²) in [5.41, 5.74) is 0. The molecule has 3 atom stereocenters. The third kappa shape index (κ3) is 3.45. The standard InChI is InChI=1S/C12H21NO4S/c14-12(15)11-4-2-1-3-9(11)7-13-10-5-6-18(16,17)8-10/h9-11,13H,1-8H2,(H,14,15). The van der Waals surface area contributed by atoms with Crippen molar-refractivity contribution in [2.75, 3.05) is 18.1 Å². The quantitative estimate of drug-likeness (QED) is 0.787. The van der Waals surface area contributed by atoms with Gasteiger partial charge in [-0.25, -0.2) is 8.42 Å². The zero-order chi connectivity index (χ0) is 13.2. The number of nitrogens with one attached hydrogen (secondary N) is 1. The SMILES string of the molecule is O=C(O)C1CCCCC1CNC1CCS(=O)(=O)C1. The summed E-state index contributed by atoms with van der Waals surface area (Å²) >= 11 is 0. The third-order valence-electron chi connectivity index (χ3n) is 4.13. The molecule has 2 aliphatic rings. The van der Waals surface area contributed by atoms with Gasteiger partial charge in [-0.1, -0.05) is 12.8 Å². The molecule has 1 saturated carbocycles. The molecule has 1 heterocycles. The monoisotopic (exact) mass is 275 g/mol. The topological polar surface area (TPSA) is 83.5 Å². The molecule has 0 aromatic carbocycles. The first-order valence-corrected chi connectivity index (χ1v) is 8.47. The Labute approximate surface area is 108 Å². The molecule has 0 amide bonds. The average molecular weight is 275 g/mol. The highest BCUT2D eigenvalue weighted by molar-refractivity contribution is 7.91. The highest BCUT2D eigenvalue weighted by atomic mass is 32.2. The number of carboxylic acids is 1. The minimum absolute atomic E-state index is 0.0198. The summed E-state index contributed by atoms with van der Waals surface area (Å²) < 4.78 is 22.7. The van der Waals surface area contributed by atoms with E-state index < -0.39 is 15.8 Å². The third-order valence-corrected chi connectivity index (χ3v) is 5.90. The molecule has 2 rings (SSSR count). The number of rotatable bonds is 4. The fourth-order valence-electron chi connectivity index (χ4n) is 3.05. The molecule has 0 aromatic heterocycles. The van der Waals surface area contributed by atoms with Crippen LogP contribution in [0, 0.1) is 11.8 Å². The van der Waals surface area contributed by atoms with Crippen LogP contribution in [0.15, 0.2) is 0 Å². The van der Waals surface area contributed by atoms with Crippen molar-refractivity contribution in [1.29, 1.82) is 0 Å². The van der Waals surface area contributed by atoms with Gasteiger partial charge in [0.25, 0.3) is 0 Å². The lowest BCUT2D eigenvalue weighted by atomic mass is 9.79. The predicted octanol–water partition coefficient (Wildman–Crippen LogP) is 0.654. The van der Waals surface area contributed by atoms with Crippen LogP contribution in [-0.2, 0) is 14.6 Å². The van der Waals surface area contributed by atoms with Gasteiger partial charge < -0.3 is 10.4 Å². The van der Waals surface area contributed by atoms with Gasteiger partial charge in [-0.15, -0.1) is 0 Å². The minimum Gasteiger partial charge on any atom is -0.481 e. The van der Waals surface area contributed by atoms with Crippen LogP contribution in [0.25, 0.3) is 0 Å². The molecule has 0 aromatic rings. The van der Waals surface area contributed by atoms with Gasteiger partial charge in [0, 0.05) is 6.04 Å². The first-order valence-electron chi connectivity index (χ1n) is 6.64. The highest BCUT2D eigenvalue weighted by Gasteiger charge is 2.33. The molecule has 2 N–H and O–H groups in total. The van der Waals surface area contributed by atoms with Crippen molar-refractivity contribution in [3.05, 3.63) is 0 Å². The van der Waals surface area contributed by atoms with Gasteiger partial charge in [0.2, 0.25) is 0 Å². The largest absolute Gasteiger partial charge is 0.481 e. The number of aliphatic carboxylic acids is 1. The minimum atomic E-state index is -2.86. The van der Waals surface area contributed by atoms with Gasteiger partial charge in [-0.05, 0) is 31.7 Å². The van der Waals surface area contributed by atoms with Crippen LogP contribution in [0.2, 0.25) is 0 Å². The van der Waals surface area contributed by atoms with Crippen LogP contribution in [0.1, 0.15) is 32.1 Å². The molecule has 0 spiro atoms. The first kappa shape index (κ1) is 13.8. The smallest absolute Gasteiger partial charge is 0.306 e. The van der Waals surface area contributed by atoms with Crippen LogP contribution in [-0.4, -0.2) is 43.6 Å². The summed E-state index contributed by atoms with van der Waals surface area (Å²) in [7, 11) is -2.86. The van der Waals surface area contributed by atoms with Gasteiger partial charge in [0.05, 0.1) is 17.4 Å². The van der Waals surface area contributed by atoms with Crippen LogP contribution < -0.4 is 5.32 Å². The lowest BCUT2D eigenvalue weighted by Crippen LogP contribution is -2.39. The lowest BCUT2D eigenvalue weighted by molar-refractivity contribution is -0.144. The van der Waals surface area contributed by atoms with Gasteiger partial charge >= 0.3 is 5.97 Å². The van der Waals surface area contributed by atoms with Crippen LogP contribution in [0.5, 0.6) is 0 Å². The maximum absolute atomic E-state index is 11.3. The Bertz CT molecular complexity index is 406. The number of carbonyl (C=O) groups is 1. The number of hydrogen-bond acceptors (Lipinski definition) is 4. The van der Waals surface area contributed by atoms with Crippen molar-refractivity contribution in [2.45, 2.75) is 38.1 Å². The van der Waals surface area contributed by atoms with Gasteiger partial charge in [0.15, 0.2) is 9.84 Å². The Morgan fingerprint density at radius 3 is 2.56 bits per heavy atom. The zero-order valence-corrected chi connectivity index (χ0v) is 11.3. The lowest BCUT2D eigenvalue weighted by Gasteiger charge is -2.29. The second-order valence-corrected chi connectivity index (χ2v) is 7.73. The fraction of sp³-hybridized carbons (Fsp3) is 0.917. The molecule has 1 saturated heterocycles. The highest BCUT2D eigenvalue weighted by Crippen LogP contribution is 2.30. The second-order valence-electron chi connectivity index (χ2n) is 5.50. The van der Waals surface area contributed by atoms with Crippen molar-refractivity contribution in [3.8, 4) is 0 Å². The van der Waals surface area contributed by atoms with E-state index >= 15 is 0 Å². The maximum atomic E-state index is 11.3. The molecule has 1 aliphatic heterocycles. The van der Waals surface area contributed by atoms with Crippen LogP contribution in [0.3, 0.4) is 0 Å². The van der Waals surface area contributed by atoms with Gasteiger partial charge in [-0.3, -0.25) is 4.79 Å². The molecular weight excluding hydrogens is 254 g/mol. The summed E-state index contributed by atoms with van der Waals surface area (Å²) in [4.78, 5) is 11.1. The van der Waals surface area contributed by atoms with Crippen molar-refractivity contribution >= 4 is 15.8 Å². The van der Waals surface area contributed by atoms with E-state index in [9.17, 15) is 13.2 Å². The summed E-state index contributed by atoms with van der Waals surface area (Å²) in [6, 6.07) is 0.0198. The van der Waals surface area contributed by atoms with Crippen molar-refractivity contribution in [2.24, 2.45) is 11.8 Å². The molecule has 104 valence electrons. The average Bonchev–Trinajstić information content (AvgIpc) is 2.66. The van der Waals surface area contributed by atoms with E-state index in [2.05, 4.69) is 5.32 Å². The molecule has 0 bridgehead atoms. The molecule has 18 heavy (non-hydrogen) atoms. The van der Waals surface area contributed by atoms with E-state index in [1.54, 1.807) is 0 Å². The Kier molecular flexibility index (Phi) is 4.27. The van der Waals surface area contributed by atoms with E-state index in [0.717, 1.165) is 25.7 Å². The first-order chi connectivity index (χ1) is 8.48. The Morgan fingerprint density at radius 1 is 1.22 bits per heavy atom. The van der Waals surface area contributed by atoms with Crippen LogP contribution in [0.4, 0.5) is 0 Å². The summed E-state index contributed by atoms with van der Waals surface area (Å²) in [5, 5.41) is 12.4. The molecule has 2 fully saturated rings. The van der Waals surface area contributed by atoms with Crippen LogP contribution >= 0.6 is 0 Å². The van der Waals surface area contributed by atoms with E-state index in [4.69, 9.17) is 5.11 Å². The van der Waals surface area contributed by atoms with E-state index in [1.807, 2.05) is 0 Å². The molecule has 0 radical (unpaired) electrons. The number of carboxylic acid groups (broad SMARTS) is 1. The summed E-state index contributed by atoms with van der Waals surface area (Å²) in [6.07, 6.45) is 4.42. The van der Waals surface area contributed by atoms with E-state index in [-0.39, 0.29) is 29.4 Å². The van der Waals surface area contributed by atoms with E-state index in [1.165, 1.54) is 0 Å². The molecular formula is C12H21NO4S. The van der Waals surface area contributed by atoms with E-state index in [0.29, 0.717) is 13.0 Å². The molecule has 3 unspecified atom stereocenters. The fourth-order valence-corrected chi connectivity index (χ4v) is 4.76. The van der Waals surface area contributed by atoms with Crippen molar-refractivity contribution in [3.63, 3.8) is 0 Å². The Morgan fingerprint density at radius 2 is 1.94 bits per heavy atom. The molecule has 5 nitrogen and oxygen atoms in total. The van der Waals surface area contributed by atoms with Crippen molar-refractivity contribution < 1.29 is 18.3 Å². The van der Waals surface area contributed by atoms with Gasteiger partial charge in [0.1, 0.15) is 0 Å². The molecule has 1 aliphatic carbocycles. The Hall–Kier alpha value is -0.620. The number of hydrogen-bond donors (Lipinski definition) is 2. The van der Waals surface area contributed by atoms with Crippen molar-refractivity contribution in [1.82, 2.24) is 5.32 Å². The Balaban J connectivity index is 1.83. The second kappa shape index (κ2) is 5.57. The maximum Gasteiger partial charge on any atom is 0.306 e. The van der Waals surface area contributed by atoms with Gasteiger partial charge in [-0.2, -0.15) is 0 Å². The number of sulfone groups is 1.